The maximum absolute atomic E-state index is 12.3. The summed E-state index contributed by atoms with van der Waals surface area (Å²) in [6.07, 6.45) is 3.72. The maximum atomic E-state index is 12.3. The first-order valence-corrected chi connectivity index (χ1v) is 10.9. The van der Waals surface area contributed by atoms with Crippen LogP contribution in [0.15, 0.2) is 35.6 Å². The van der Waals surface area contributed by atoms with Crippen molar-refractivity contribution in [3.63, 3.8) is 0 Å². The largest absolute Gasteiger partial charge is 0.367 e. The second kappa shape index (κ2) is 8.87. The summed E-state index contributed by atoms with van der Waals surface area (Å²) >= 11 is 3.66. The van der Waals surface area contributed by atoms with Gasteiger partial charge in [-0.3, -0.25) is 4.79 Å². The lowest BCUT2D eigenvalue weighted by atomic mass is 10.2. The molecule has 2 N–H and O–H groups in total. The molecule has 0 aliphatic carbocycles. The second-order valence-corrected chi connectivity index (χ2v) is 8.13. The molecule has 0 radical (unpaired) electrons. The fourth-order valence-corrected chi connectivity index (χ4v) is 3.58. The van der Waals surface area contributed by atoms with E-state index in [1.54, 1.807) is 10.9 Å². The predicted molar refractivity (Wildman–Crippen MR) is 117 cm³/mol. The molecule has 0 unspecified atom stereocenters. The van der Waals surface area contributed by atoms with Crippen molar-refractivity contribution in [3.05, 3.63) is 39.6 Å². The minimum Gasteiger partial charge on any atom is -0.367 e. The number of fused-ring (bicyclic) bond motifs is 1. The zero-order valence-electron chi connectivity index (χ0n) is 15.4. The number of nitrogens with zero attached hydrogens (tertiary/aromatic N) is 4. The molecule has 27 heavy (non-hydrogen) atoms. The van der Waals surface area contributed by atoms with Crippen LogP contribution in [0.25, 0.3) is 11.0 Å². The Morgan fingerprint density at radius 3 is 2.78 bits per heavy atom. The fourth-order valence-electron chi connectivity index (χ4n) is 2.59. The number of halogens is 1. The summed E-state index contributed by atoms with van der Waals surface area (Å²) in [7, 11) is 0. The number of thioether (sulfide) groups is 1. The van der Waals surface area contributed by atoms with E-state index >= 15 is 0 Å². The van der Waals surface area contributed by atoms with Crippen molar-refractivity contribution in [2.24, 2.45) is 0 Å². The van der Waals surface area contributed by atoms with Crippen molar-refractivity contribution in [3.8, 4) is 0 Å². The molecule has 2 heterocycles. The van der Waals surface area contributed by atoms with Gasteiger partial charge in [0.05, 0.1) is 23.7 Å². The number of amides is 1. The fraction of sp³-hybridized carbons (Fsp3) is 0.333. The molecule has 0 saturated heterocycles. The Morgan fingerprint density at radius 1 is 1.30 bits per heavy atom. The van der Waals surface area contributed by atoms with Crippen LogP contribution in [0, 0.1) is 3.57 Å². The number of carbonyl (C=O) groups is 1. The third kappa shape index (κ3) is 4.70. The Morgan fingerprint density at radius 2 is 2.07 bits per heavy atom. The van der Waals surface area contributed by atoms with E-state index in [2.05, 4.69) is 62.1 Å². The monoisotopic (exact) mass is 496 g/mol. The molecule has 2 aromatic heterocycles. The van der Waals surface area contributed by atoms with Gasteiger partial charge >= 0.3 is 0 Å². The van der Waals surface area contributed by atoms with Gasteiger partial charge in [-0.15, -0.1) is 0 Å². The Bertz CT molecular complexity index is 958. The molecule has 0 atom stereocenters. The number of aromatic nitrogens is 4. The lowest BCUT2D eigenvalue weighted by Crippen LogP contribution is -2.28. The highest BCUT2D eigenvalue weighted by molar-refractivity contribution is 14.1. The summed E-state index contributed by atoms with van der Waals surface area (Å²) < 4.78 is 2.73. The van der Waals surface area contributed by atoms with Crippen molar-refractivity contribution in [1.29, 1.82) is 0 Å². The van der Waals surface area contributed by atoms with Gasteiger partial charge in [0.2, 0.25) is 0 Å². The van der Waals surface area contributed by atoms with Crippen LogP contribution in [-0.2, 0) is 6.54 Å². The Kier molecular flexibility index (Phi) is 6.53. The number of hydrogen-bond acceptors (Lipinski definition) is 6. The second-order valence-electron chi connectivity index (χ2n) is 6.20. The first kappa shape index (κ1) is 19.9. The Labute approximate surface area is 175 Å². The summed E-state index contributed by atoms with van der Waals surface area (Å²) in [6, 6.07) is 7.78. The van der Waals surface area contributed by atoms with Crippen molar-refractivity contribution in [2.75, 3.05) is 18.1 Å². The van der Waals surface area contributed by atoms with Crippen LogP contribution in [0.5, 0.6) is 0 Å². The summed E-state index contributed by atoms with van der Waals surface area (Å²) in [6.45, 7) is 5.13. The van der Waals surface area contributed by atoms with Gasteiger partial charge in [-0.05, 0) is 54.8 Å². The highest BCUT2D eigenvalue weighted by atomic mass is 127. The highest BCUT2D eigenvalue weighted by Crippen LogP contribution is 2.23. The van der Waals surface area contributed by atoms with E-state index in [1.165, 1.54) is 11.8 Å². The van der Waals surface area contributed by atoms with Crippen molar-refractivity contribution < 1.29 is 4.79 Å². The molecule has 1 aromatic carbocycles. The molecule has 142 valence electrons. The van der Waals surface area contributed by atoms with Gasteiger partial charge < -0.3 is 10.6 Å². The van der Waals surface area contributed by atoms with Gasteiger partial charge in [-0.1, -0.05) is 23.9 Å². The van der Waals surface area contributed by atoms with E-state index in [-0.39, 0.29) is 11.9 Å². The number of benzene rings is 1. The molecule has 0 bridgehead atoms. The van der Waals surface area contributed by atoms with Crippen LogP contribution in [0.2, 0.25) is 0 Å². The van der Waals surface area contributed by atoms with Gasteiger partial charge in [0.1, 0.15) is 5.82 Å². The molecule has 1 amide bonds. The van der Waals surface area contributed by atoms with E-state index < -0.39 is 0 Å². The van der Waals surface area contributed by atoms with Crippen LogP contribution in [0.4, 0.5) is 5.82 Å². The van der Waals surface area contributed by atoms with Gasteiger partial charge in [-0.25, -0.2) is 14.6 Å². The molecule has 0 fully saturated rings. The zero-order chi connectivity index (χ0) is 19.4. The SMILES string of the molecule is CSc1nc(NC(C)C)c2cnn(CCNC(=O)c3ccccc3I)c2n1. The van der Waals surface area contributed by atoms with Crippen LogP contribution in [-0.4, -0.2) is 44.5 Å². The molecule has 3 rings (SSSR count). The number of carbonyl (C=O) groups excluding carboxylic acids is 1. The van der Waals surface area contributed by atoms with Gasteiger partial charge in [-0.2, -0.15) is 5.10 Å². The quantitative estimate of drug-likeness (QED) is 0.297. The molecule has 9 heteroatoms. The normalized spacial score (nSPS) is 11.1. The van der Waals surface area contributed by atoms with Crippen molar-refractivity contribution in [1.82, 2.24) is 25.1 Å². The lowest BCUT2D eigenvalue weighted by Gasteiger charge is -2.11. The molecule has 0 spiro atoms. The number of hydrogen-bond donors (Lipinski definition) is 2. The van der Waals surface area contributed by atoms with Gasteiger partial charge in [0.25, 0.3) is 5.91 Å². The number of anilines is 1. The van der Waals surface area contributed by atoms with E-state index in [4.69, 9.17) is 0 Å². The third-order valence-corrected chi connectivity index (χ3v) is 5.30. The average Bonchev–Trinajstić information content (AvgIpc) is 3.04. The van der Waals surface area contributed by atoms with Gasteiger partial charge in [0, 0.05) is 16.2 Å². The van der Waals surface area contributed by atoms with Crippen molar-refractivity contribution >= 4 is 57.1 Å². The minimum atomic E-state index is -0.0851. The predicted octanol–water partition coefficient (Wildman–Crippen LogP) is 3.40. The zero-order valence-corrected chi connectivity index (χ0v) is 18.3. The molecule has 0 aliphatic heterocycles. The van der Waals surface area contributed by atoms with E-state index in [9.17, 15) is 4.79 Å². The molecule has 0 saturated carbocycles. The van der Waals surface area contributed by atoms with Crippen LogP contribution in [0.3, 0.4) is 0 Å². The summed E-state index contributed by atoms with van der Waals surface area (Å²) in [4.78, 5) is 21.5. The minimum absolute atomic E-state index is 0.0851. The van der Waals surface area contributed by atoms with E-state index in [0.29, 0.717) is 23.8 Å². The van der Waals surface area contributed by atoms with E-state index in [0.717, 1.165) is 20.4 Å². The van der Waals surface area contributed by atoms with Crippen LogP contribution < -0.4 is 10.6 Å². The van der Waals surface area contributed by atoms with Gasteiger partial charge in [0.15, 0.2) is 10.8 Å². The number of rotatable bonds is 7. The van der Waals surface area contributed by atoms with E-state index in [1.807, 2.05) is 30.5 Å². The van der Waals surface area contributed by atoms with Crippen molar-refractivity contribution in [2.45, 2.75) is 31.6 Å². The first-order valence-electron chi connectivity index (χ1n) is 8.56. The van der Waals surface area contributed by atoms with Crippen LogP contribution >= 0.6 is 34.4 Å². The molecule has 7 nitrogen and oxygen atoms in total. The standard InChI is InChI=1S/C18H21IN6OS/c1-11(2)22-15-13-10-21-25(16(13)24-18(23-15)27-3)9-8-20-17(26)12-6-4-5-7-14(12)19/h4-7,10-11H,8-9H2,1-3H3,(H,20,26)(H,22,23,24). The lowest BCUT2D eigenvalue weighted by molar-refractivity contribution is 0.0951. The topological polar surface area (TPSA) is 84.7 Å². The summed E-state index contributed by atoms with van der Waals surface area (Å²) in [5, 5.41) is 12.3. The molecule has 3 aromatic rings. The smallest absolute Gasteiger partial charge is 0.252 e. The third-order valence-electron chi connectivity index (χ3n) is 3.81. The Balaban J connectivity index is 1.75. The molecular weight excluding hydrogens is 475 g/mol. The summed E-state index contributed by atoms with van der Waals surface area (Å²) in [5.41, 5.74) is 1.44. The number of nitrogens with one attached hydrogen (secondary N) is 2. The maximum Gasteiger partial charge on any atom is 0.252 e. The average molecular weight is 496 g/mol. The highest BCUT2D eigenvalue weighted by Gasteiger charge is 2.14. The molecule has 0 aliphatic rings. The summed E-state index contributed by atoms with van der Waals surface area (Å²) in [5.74, 6) is 0.700. The first-order chi connectivity index (χ1) is 13.0. The van der Waals surface area contributed by atoms with Crippen LogP contribution in [0.1, 0.15) is 24.2 Å². The Hall–Kier alpha value is -1.88. The molecular formula is C18H21IN6OS.